The van der Waals surface area contributed by atoms with E-state index in [0.717, 1.165) is 22.4 Å². The van der Waals surface area contributed by atoms with Gasteiger partial charge in [-0.15, -0.1) is 0 Å². The van der Waals surface area contributed by atoms with E-state index in [1.165, 1.54) is 0 Å². The summed E-state index contributed by atoms with van der Waals surface area (Å²) in [4.78, 5) is 4.28. The minimum absolute atomic E-state index is 0.248. The van der Waals surface area contributed by atoms with Gasteiger partial charge in [-0.2, -0.15) is 5.10 Å². The predicted octanol–water partition coefficient (Wildman–Crippen LogP) is 4.72. The molecule has 2 aromatic carbocycles. The maximum Gasteiger partial charge on any atom is 0.231 e. The van der Waals surface area contributed by atoms with Gasteiger partial charge in [0.05, 0.1) is 22.4 Å². The second-order valence-corrected chi connectivity index (χ2v) is 5.97. The molecule has 0 saturated carbocycles. The SMILES string of the molecule is Clc1cc(Cl)c2c(N/N=C/c3ccc4c(c3)OCO4)ccnc2c1. The summed E-state index contributed by atoms with van der Waals surface area (Å²) in [5, 5.41) is 6.09. The summed E-state index contributed by atoms with van der Waals surface area (Å²) in [6.07, 6.45) is 3.37. The number of halogens is 2. The zero-order valence-corrected chi connectivity index (χ0v) is 13.8. The van der Waals surface area contributed by atoms with Crippen LogP contribution in [-0.4, -0.2) is 18.0 Å². The van der Waals surface area contributed by atoms with Crippen molar-refractivity contribution in [3.05, 3.63) is 58.2 Å². The number of fused-ring (bicyclic) bond motifs is 2. The number of nitrogens with zero attached hydrogens (tertiary/aromatic N) is 2. The van der Waals surface area contributed by atoms with E-state index in [1.54, 1.807) is 30.6 Å². The Kier molecular flexibility index (Phi) is 3.88. The lowest BCUT2D eigenvalue weighted by Crippen LogP contribution is -1.94. The quantitative estimate of drug-likeness (QED) is 0.543. The number of anilines is 1. The predicted molar refractivity (Wildman–Crippen MR) is 95.5 cm³/mol. The van der Waals surface area contributed by atoms with E-state index in [-0.39, 0.29) is 6.79 Å². The number of benzene rings is 2. The molecule has 1 aliphatic heterocycles. The normalized spacial score (nSPS) is 12.9. The van der Waals surface area contributed by atoms with Gasteiger partial charge in [0.2, 0.25) is 6.79 Å². The van der Waals surface area contributed by atoms with Gasteiger partial charge in [-0.1, -0.05) is 23.2 Å². The summed E-state index contributed by atoms with van der Waals surface area (Å²) < 4.78 is 10.6. The fraction of sp³-hybridized carbons (Fsp3) is 0.0588. The molecule has 0 unspecified atom stereocenters. The summed E-state index contributed by atoms with van der Waals surface area (Å²) >= 11 is 12.3. The van der Waals surface area contributed by atoms with Crippen LogP contribution in [0.5, 0.6) is 11.5 Å². The molecule has 0 fully saturated rings. The minimum atomic E-state index is 0.248. The number of hydrogen-bond acceptors (Lipinski definition) is 5. The van der Waals surface area contributed by atoms with Crippen LogP contribution in [0, 0.1) is 0 Å². The van der Waals surface area contributed by atoms with Crippen molar-refractivity contribution in [2.45, 2.75) is 0 Å². The Morgan fingerprint density at radius 1 is 1.08 bits per heavy atom. The van der Waals surface area contributed by atoms with Crippen molar-refractivity contribution < 1.29 is 9.47 Å². The lowest BCUT2D eigenvalue weighted by Gasteiger charge is -2.07. The summed E-state index contributed by atoms with van der Waals surface area (Å²) in [7, 11) is 0. The van der Waals surface area contributed by atoms with Crippen LogP contribution in [-0.2, 0) is 0 Å². The van der Waals surface area contributed by atoms with Crippen molar-refractivity contribution in [1.29, 1.82) is 0 Å². The molecular weight excluding hydrogens is 349 g/mol. The number of rotatable bonds is 3. The van der Waals surface area contributed by atoms with Gasteiger partial charge in [0.1, 0.15) is 0 Å². The van der Waals surface area contributed by atoms with E-state index in [1.807, 2.05) is 18.2 Å². The van der Waals surface area contributed by atoms with Crippen molar-refractivity contribution in [1.82, 2.24) is 4.98 Å². The molecule has 120 valence electrons. The number of aromatic nitrogens is 1. The van der Waals surface area contributed by atoms with Gasteiger partial charge >= 0.3 is 0 Å². The molecule has 1 N–H and O–H groups in total. The maximum absolute atomic E-state index is 6.28. The standard InChI is InChI=1S/C17H11Cl2N3O2/c18-11-6-12(19)17-13(3-4-20-14(17)7-11)22-21-8-10-1-2-15-16(5-10)24-9-23-15/h1-8H,9H2,(H,20,22)/b21-8+. The monoisotopic (exact) mass is 359 g/mol. The maximum atomic E-state index is 6.28. The van der Waals surface area contributed by atoms with E-state index in [0.29, 0.717) is 21.3 Å². The van der Waals surface area contributed by atoms with Crippen LogP contribution in [0.25, 0.3) is 10.9 Å². The lowest BCUT2D eigenvalue weighted by atomic mass is 10.2. The molecule has 7 heteroatoms. The Labute approximate surface area is 147 Å². The average Bonchev–Trinajstić information content (AvgIpc) is 3.02. The van der Waals surface area contributed by atoms with E-state index in [9.17, 15) is 0 Å². The Balaban J connectivity index is 1.61. The smallest absolute Gasteiger partial charge is 0.231 e. The van der Waals surface area contributed by atoms with E-state index < -0.39 is 0 Å². The average molecular weight is 360 g/mol. The van der Waals surface area contributed by atoms with Crippen molar-refractivity contribution in [3.8, 4) is 11.5 Å². The second kappa shape index (κ2) is 6.19. The molecule has 2 heterocycles. The molecule has 1 aromatic heterocycles. The van der Waals surface area contributed by atoms with Crippen LogP contribution >= 0.6 is 23.2 Å². The highest BCUT2D eigenvalue weighted by molar-refractivity contribution is 6.39. The van der Waals surface area contributed by atoms with Gasteiger partial charge in [0.25, 0.3) is 0 Å². The van der Waals surface area contributed by atoms with E-state index in [4.69, 9.17) is 32.7 Å². The largest absolute Gasteiger partial charge is 0.454 e. The van der Waals surface area contributed by atoms with Crippen LogP contribution in [0.4, 0.5) is 5.69 Å². The number of ether oxygens (including phenoxy) is 2. The third-order valence-electron chi connectivity index (χ3n) is 3.55. The van der Waals surface area contributed by atoms with Gasteiger partial charge in [-0.05, 0) is 42.0 Å². The molecule has 0 amide bonds. The molecule has 5 nitrogen and oxygen atoms in total. The molecule has 1 aliphatic rings. The fourth-order valence-electron chi connectivity index (χ4n) is 2.47. The Bertz CT molecular complexity index is 960. The first-order chi connectivity index (χ1) is 11.7. The molecule has 0 saturated heterocycles. The number of pyridine rings is 1. The van der Waals surface area contributed by atoms with Crippen molar-refractivity contribution in [2.75, 3.05) is 12.2 Å². The van der Waals surface area contributed by atoms with E-state index in [2.05, 4.69) is 15.5 Å². The van der Waals surface area contributed by atoms with Crippen molar-refractivity contribution in [3.63, 3.8) is 0 Å². The second-order valence-electron chi connectivity index (χ2n) is 5.12. The summed E-state index contributed by atoms with van der Waals surface area (Å²) in [6.45, 7) is 0.248. The molecule has 0 atom stereocenters. The summed E-state index contributed by atoms with van der Waals surface area (Å²) in [5.74, 6) is 1.45. The third kappa shape index (κ3) is 2.84. The fourth-order valence-corrected chi connectivity index (χ4v) is 3.05. The molecule has 0 radical (unpaired) electrons. The minimum Gasteiger partial charge on any atom is -0.454 e. The van der Waals surface area contributed by atoms with Crippen LogP contribution in [0.1, 0.15) is 5.56 Å². The Morgan fingerprint density at radius 3 is 2.88 bits per heavy atom. The zero-order chi connectivity index (χ0) is 16.5. The first kappa shape index (κ1) is 15.1. The Hall–Kier alpha value is -2.50. The zero-order valence-electron chi connectivity index (χ0n) is 12.3. The summed E-state index contributed by atoms with van der Waals surface area (Å²) in [6, 6.07) is 10.9. The van der Waals surface area contributed by atoms with Gasteiger partial charge in [0, 0.05) is 16.6 Å². The Morgan fingerprint density at radius 2 is 1.96 bits per heavy atom. The molecule has 4 rings (SSSR count). The van der Waals surface area contributed by atoms with Gasteiger partial charge in [-0.25, -0.2) is 0 Å². The highest BCUT2D eigenvalue weighted by Crippen LogP contribution is 2.33. The van der Waals surface area contributed by atoms with Crippen LogP contribution in [0.2, 0.25) is 10.0 Å². The van der Waals surface area contributed by atoms with Crippen LogP contribution in [0.15, 0.2) is 47.7 Å². The van der Waals surface area contributed by atoms with Crippen LogP contribution < -0.4 is 14.9 Å². The van der Waals surface area contributed by atoms with Gasteiger partial charge in [0.15, 0.2) is 11.5 Å². The van der Waals surface area contributed by atoms with Crippen molar-refractivity contribution in [2.24, 2.45) is 5.10 Å². The number of nitrogens with one attached hydrogen (secondary N) is 1. The topological polar surface area (TPSA) is 55.7 Å². The van der Waals surface area contributed by atoms with Gasteiger partial charge in [-0.3, -0.25) is 10.4 Å². The summed E-state index contributed by atoms with van der Waals surface area (Å²) in [5.41, 5.74) is 5.34. The molecule has 24 heavy (non-hydrogen) atoms. The van der Waals surface area contributed by atoms with Gasteiger partial charge < -0.3 is 9.47 Å². The third-order valence-corrected chi connectivity index (χ3v) is 4.07. The highest BCUT2D eigenvalue weighted by Gasteiger charge is 2.12. The van der Waals surface area contributed by atoms with E-state index >= 15 is 0 Å². The number of hydrogen-bond donors (Lipinski definition) is 1. The van der Waals surface area contributed by atoms with Crippen LogP contribution in [0.3, 0.4) is 0 Å². The van der Waals surface area contributed by atoms with Crippen molar-refractivity contribution >= 4 is 46.0 Å². The molecular formula is C17H11Cl2N3O2. The molecule has 0 spiro atoms. The first-order valence-corrected chi connectivity index (χ1v) is 7.89. The molecule has 0 aliphatic carbocycles. The lowest BCUT2D eigenvalue weighted by molar-refractivity contribution is 0.174. The first-order valence-electron chi connectivity index (χ1n) is 7.13. The highest BCUT2D eigenvalue weighted by atomic mass is 35.5. The molecule has 0 bridgehead atoms. The molecule has 3 aromatic rings. The number of hydrazone groups is 1.